The second-order valence-electron chi connectivity index (χ2n) is 6.44. The average Bonchev–Trinajstić information content (AvgIpc) is 2.55. The third-order valence-electron chi connectivity index (χ3n) is 5.81. The van der Waals surface area contributed by atoms with E-state index in [1.165, 1.54) is 11.1 Å². The fourth-order valence-electron chi connectivity index (χ4n) is 4.45. The van der Waals surface area contributed by atoms with Crippen molar-refractivity contribution in [2.45, 2.75) is 52.4 Å². The summed E-state index contributed by atoms with van der Waals surface area (Å²) in [5, 5.41) is 9.74. The molecule has 0 amide bonds. The van der Waals surface area contributed by atoms with Crippen LogP contribution in [0.15, 0.2) is 24.3 Å². The van der Waals surface area contributed by atoms with Gasteiger partial charge in [0.15, 0.2) is 0 Å². The molecule has 0 saturated carbocycles. The second-order valence-corrected chi connectivity index (χ2v) is 6.44. The highest BCUT2D eigenvalue weighted by molar-refractivity contribution is 5.46. The Morgan fingerprint density at radius 3 is 2.44 bits per heavy atom. The lowest BCUT2D eigenvalue weighted by Gasteiger charge is -2.48. The molecule has 0 radical (unpaired) electrons. The van der Waals surface area contributed by atoms with Gasteiger partial charge in [0.1, 0.15) is 0 Å². The smallest absolute Gasteiger partial charge is 0.0465 e. The highest BCUT2D eigenvalue weighted by Gasteiger charge is 2.56. The number of aliphatic hydroxyl groups excluding tert-OH is 1. The third kappa shape index (κ3) is 1.43. The van der Waals surface area contributed by atoms with Crippen molar-refractivity contribution in [3.63, 3.8) is 0 Å². The van der Waals surface area contributed by atoms with Crippen molar-refractivity contribution in [1.82, 2.24) is 0 Å². The number of rotatable bonds is 3. The molecule has 1 heteroatoms. The highest BCUT2D eigenvalue weighted by Crippen LogP contribution is 2.62. The lowest BCUT2D eigenvalue weighted by atomic mass is 9.56. The van der Waals surface area contributed by atoms with Crippen LogP contribution in [0.5, 0.6) is 0 Å². The molecule has 1 aliphatic carbocycles. The molecule has 3 unspecified atom stereocenters. The summed E-state index contributed by atoms with van der Waals surface area (Å²) < 4.78 is 0. The number of aliphatic hydroxyl groups is 1. The molecule has 0 fully saturated rings. The van der Waals surface area contributed by atoms with Crippen LogP contribution in [0.4, 0.5) is 0 Å². The Balaban J connectivity index is 2.71. The van der Waals surface area contributed by atoms with E-state index < -0.39 is 0 Å². The van der Waals surface area contributed by atoms with Crippen molar-refractivity contribution in [2.24, 2.45) is 11.3 Å². The fraction of sp³-hybridized carbons (Fsp3) is 0.647. The van der Waals surface area contributed by atoms with Crippen LogP contribution >= 0.6 is 0 Å². The maximum Gasteiger partial charge on any atom is 0.0465 e. The minimum atomic E-state index is 0.0950. The van der Waals surface area contributed by atoms with Gasteiger partial charge in [-0.1, -0.05) is 58.9 Å². The molecule has 1 aromatic rings. The Bertz CT molecular complexity index is 435. The van der Waals surface area contributed by atoms with Gasteiger partial charge < -0.3 is 5.11 Å². The fourth-order valence-corrected chi connectivity index (χ4v) is 4.45. The van der Waals surface area contributed by atoms with Gasteiger partial charge >= 0.3 is 0 Å². The normalized spacial score (nSPS) is 31.1. The summed E-state index contributed by atoms with van der Waals surface area (Å²) in [4.78, 5) is 0. The molecule has 0 bridgehead atoms. The monoisotopic (exact) mass is 246 g/mol. The summed E-state index contributed by atoms with van der Waals surface area (Å²) >= 11 is 0. The Labute approximate surface area is 111 Å². The molecule has 18 heavy (non-hydrogen) atoms. The Kier molecular flexibility index (Phi) is 3.31. The van der Waals surface area contributed by atoms with E-state index in [4.69, 9.17) is 0 Å². The van der Waals surface area contributed by atoms with Gasteiger partial charge in [0, 0.05) is 12.0 Å². The minimum Gasteiger partial charge on any atom is -0.396 e. The molecule has 1 N–H and O–H groups in total. The van der Waals surface area contributed by atoms with Crippen LogP contribution in [0.3, 0.4) is 0 Å². The number of hydrogen-bond acceptors (Lipinski definition) is 1. The summed E-state index contributed by atoms with van der Waals surface area (Å²) in [5.41, 5.74) is 3.22. The van der Waals surface area contributed by atoms with E-state index in [9.17, 15) is 5.11 Å². The van der Waals surface area contributed by atoms with Gasteiger partial charge in [0.2, 0.25) is 0 Å². The van der Waals surface area contributed by atoms with E-state index in [0.717, 1.165) is 6.42 Å². The second kappa shape index (κ2) is 4.38. The largest absolute Gasteiger partial charge is 0.396 e. The third-order valence-corrected chi connectivity index (χ3v) is 5.81. The molecule has 0 saturated heterocycles. The Morgan fingerprint density at radius 2 is 1.89 bits per heavy atom. The van der Waals surface area contributed by atoms with Crippen LogP contribution in [0.1, 0.15) is 58.1 Å². The predicted molar refractivity (Wildman–Crippen MR) is 76.9 cm³/mol. The average molecular weight is 246 g/mol. The minimum absolute atomic E-state index is 0.0950. The zero-order chi connectivity index (χ0) is 13.6. The van der Waals surface area contributed by atoms with Crippen molar-refractivity contribution < 1.29 is 5.11 Å². The zero-order valence-corrected chi connectivity index (χ0v) is 12.3. The first-order valence-corrected chi connectivity index (χ1v) is 7.13. The standard InChI is InChI=1S/C17H26O/c1-6-17(12(2)11-18)15-10-8-7-9-14(15)13(3)16(17,4)5/h7-10,12-13,18H,6,11H2,1-5H3. The van der Waals surface area contributed by atoms with Crippen LogP contribution in [-0.4, -0.2) is 11.7 Å². The van der Waals surface area contributed by atoms with E-state index in [0.29, 0.717) is 11.8 Å². The van der Waals surface area contributed by atoms with E-state index in [1.54, 1.807) is 0 Å². The quantitative estimate of drug-likeness (QED) is 0.851. The number of fused-ring (bicyclic) bond motifs is 1. The van der Waals surface area contributed by atoms with Gasteiger partial charge in [-0.05, 0) is 34.8 Å². The molecule has 0 heterocycles. The first-order chi connectivity index (χ1) is 8.43. The van der Waals surface area contributed by atoms with Crippen molar-refractivity contribution in [3.05, 3.63) is 35.4 Å². The maximum absolute atomic E-state index is 9.74. The summed E-state index contributed by atoms with van der Waals surface area (Å²) in [6.07, 6.45) is 1.09. The molecule has 1 nitrogen and oxygen atoms in total. The van der Waals surface area contributed by atoms with Crippen LogP contribution in [0.25, 0.3) is 0 Å². The topological polar surface area (TPSA) is 20.2 Å². The summed E-state index contributed by atoms with van der Waals surface area (Å²) in [7, 11) is 0. The predicted octanol–water partition coefficient (Wildman–Crippen LogP) is 4.11. The van der Waals surface area contributed by atoms with Gasteiger partial charge in [-0.3, -0.25) is 0 Å². The maximum atomic E-state index is 9.74. The number of benzene rings is 1. The number of hydrogen-bond donors (Lipinski definition) is 1. The van der Waals surface area contributed by atoms with Gasteiger partial charge in [0.25, 0.3) is 0 Å². The SMILES string of the molecule is CCC1(C(C)CO)c2ccccc2C(C)C1(C)C. The lowest BCUT2D eigenvalue weighted by Crippen LogP contribution is -2.45. The Morgan fingerprint density at radius 1 is 1.28 bits per heavy atom. The van der Waals surface area contributed by atoms with E-state index >= 15 is 0 Å². The van der Waals surface area contributed by atoms with E-state index in [-0.39, 0.29) is 17.4 Å². The molecule has 2 rings (SSSR count). The van der Waals surface area contributed by atoms with Gasteiger partial charge in [0.05, 0.1) is 0 Å². The molecule has 0 aromatic heterocycles. The van der Waals surface area contributed by atoms with Crippen LogP contribution in [-0.2, 0) is 5.41 Å². The molecule has 3 atom stereocenters. The van der Waals surface area contributed by atoms with Crippen LogP contribution in [0, 0.1) is 11.3 Å². The summed E-state index contributed by atoms with van der Waals surface area (Å²) in [5.74, 6) is 0.839. The highest BCUT2D eigenvalue weighted by atomic mass is 16.3. The van der Waals surface area contributed by atoms with Crippen molar-refractivity contribution in [1.29, 1.82) is 0 Å². The Hall–Kier alpha value is -0.820. The van der Waals surface area contributed by atoms with Gasteiger partial charge in [-0.15, -0.1) is 0 Å². The summed E-state index contributed by atoms with van der Waals surface area (Å²) in [6, 6.07) is 8.82. The lowest BCUT2D eigenvalue weighted by molar-refractivity contribution is 0.0545. The molecule has 100 valence electrons. The van der Waals surface area contributed by atoms with E-state index in [2.05, 4.69) is 58.9 Å². The van der Waals surface area contributed by atoms with Crippen LogP contribution in [0.2, 0.25) is 0 Å². The van der Waals surface area contributed by atoms with Crippen LogP contribution < -0.4 is 0 Å². The molecule has 1 aliphatic rings. The zero-order valence-electron chi connectivity index (χ0n) is 12.3. The molecule has 0 spiro atoms. The van der Waals surface area contributed by atoms with Gasteiger partial charge in [-0.25, -0.2) is 0 Å². The molecule has 0 aliphatic heterocycles. The summed E-state index contributed by atoms with van der Waals surface area (Å²) in [6.45, 7) is 11.8. The molecular formula is C17H26O. The molecule has 1 aromatic carbocycles. The molecular weight excluding hydrogens is 220 g/mol. The van der Waals surface area contributed by atoms with E-state index in [1.807, 2.05) is 0 Å². The van der Waals surface area contributed by atoms with Crippen molar-refractivity contribution >= 4 is 0 Å². The first kappa shape index (κ1) is 13.6. The van der Waals surface area contributed by atoms with Gasteiger partial charge in [-0.2, -0.15) is 0 Å². The van der Waals surface area contributed by atoms with Crippen molar-refractivity contribution in [2.75, 3.05) is 6.61 Å². The first-order valence-electron chi connectivity index (χ1n) is 7.13. The van der Waals surface area contributed by atoms with Crippen molar-refractivity contribution in [3.8, 4) is 0 Å².